The van der Waals surface area contributed by atoms with Gasteiger partial charge in [-0.1, -0.05) is 12.1 Å². The fourth-order valence-electron chi connectivity index (χ4n) is 1.69. The summed E-state index contributed by atoms with van der Waals surface area (Å²) in [4.78, 5) is 4.35. The van der Waals surface area contributed by atoms with Gasteiger partial charge in [0.25, 0.3) is 5.89 Å². The molecule has 0 spiro atoms. The predicted molar refractivity (Wildman–Crippen MR) is 69.2 cm³/mol. The molecular weight excluding hydrogens is 252 g/mol. The first-order valence-corrected chi connectivity index (χ1v) is 6.62. The second-order valence-electron chi connectivity index (χ2n) is 3.82. The third-order valence-electron chi connectivity index (χ3n) is 2.57. The lowest BCUT2D eigenvalue weighted by molar-refractivity contribution is 0.0518. The lowest BCUT2D eigenvalue weighted by Crippen LogP contribution is -2.04. The van der Waals surface area contributed by atoms with Gasteiger partial charge in [0.2, 0.25) is 5.82 Å². The van der Waals surface area contributed by atoms with Crippen LogP contribution in [0.2, 0.25) is 0 Å². The summed E-state index contributed by atoms with van der Waals surface area (Å²) in [5, 5.41) is 4.54. The Morgan fingerprint density at radius 3 is 2.78 bits per heavy atom. The third-order valence-corrected chi connectivity index (χ3v) is 3.34. The molecule has 0 aromatic carbocycles. The lowest BCUT2D eigenvalue weighted by Gasteiger charge is -2.09. The normalized spacial score (nSPS) is 12.8. The summed E-state index contributed by atoms with van der Waals surface area (Å²) in [6.07, 6.45) is 0.656. The summed E-state index contributed by atoms with van der Waals surface area (Å²) in [5.41, 5.74) is 7.38. The van der Waals surface area contributed by atoms with E-state index in [4.69, 9.17) is 15.0 Å². The van der Waals surface area contributed by atoms with Gasteiger partial charge in [0, 0.05) is 6.61 Å². The Hall–Kier alpha value is -1.47. The largest absolute Gasteiger partial charge is 0.389 e. The molecule has 2 heterocycles. The van der Waals surface area contributed by atoms with E-state index in [2.05, 4.69) is 14.5 Å². The van der Waals surface area contributed by atoms with E-state index in [0.29, 0.717) is 23.3 Å². The second-order valence-corrected chi connectivity index (χ2v) is 4.62. The Balaban J connectivity index is 2.30. The van der Waals surface area contributed by atoms with E-state index in [9.17, 15) is 0 Å². The highest BCUT2D eigenvalue weighted by Crippen LogP contribution is 2.32. The number of rotatable bonds is 5. The fraction of sp³-hybridized carbons (Fsp3) is 0.545. The van der Waals surface area contributed by atoms with Crippen molar-refractivity contribution in [3.05, 3.63) is 11.5 Å². The topological polar surface area (TPSA) is 87.1 Å². The van der Waals surface area contributed by atoms with Gasteiger partial charge >= 0.3 is 0 Å². The second kappa shape index (κ2) is 5.45. The summed E-state index contributed by atoms with van der Waals surface area (Å²) in [5.74, 6) is 0.964. The van der Waals surface area contributed by atoms with Crippen LogP contribution in [-0.4, -0.2) is 21.1 Å². The van der Waals surface area contributed by atoms with Crippen molar-refractivity contribution in [1.29, 1.82) is 0 Å². The Kier molecular flexibility index (Phi) is 3.93. The van der Waals surface area contributed by atoms with E-state index < -0.39 is 0 Å². The van der Waals surface area contributed by atoms with Crippen molar-refractivity contribution in [2.24, 2.45) is 0 Å². The molecule has 18 heavy (non-hydrogen) atoms. The van der Waals surface area contributed by atoms with E-state index in [1.165, 1.54) is 11.5 Å². The highest BCUT2D eigenvalue weighted by atomic mass is 32.1. The van der Waals surface area contributed by atoms with Gasteiger partial charge in [-0.3, -0.25) is 0 Å². The van der Waals surface area contributed by atoms with E-state index >= 15 is 0 Å². The van der Waals surface area contributed by atoms with Crippen LogP contribution in [0, 0.1) is 6.92 Å². The molecule has 0 bridgehead atoms. The number of ether oxygens (including phenoxy) is 1. The molecule has 0 radical (unpaired) electrons. The number of nitrogens with two attached hydrogens (primary N) is 1. The quantitative estimate of drug-likeness (QED) is 0.896. The van der Waals surface area contributed by atoms with Crippen LogP contribution in [0.15, 0.2) is 4.52 Å². The number of anilines is 1. The zero-order valence-electron chi connectivity index (χ0n) is 10.6. The summed E-state index contributed by atoms with van der Waals surface area (Å²) < 4.78 is 14.9. The summed E-state index contributed by atoms with van der Waals surface area (Å²) in [6.45, 7) is 6.44. The maximum Gasteiger partial charge on any atom is 0.262 e. The van der Waals surface area contributed by atoms with Gasteiger partial charge in [0.15, 0.2) is 0 Å². The zero-order valence-corrected chi connectivity index (χ0v) is 11.5. The van der Waals surface area contributed by atoms with E-state index in [1.807, 2.05) is 20.8 Å². The van der Waals surface area contributed by atoms with Gasteiger partial charge in [0.1, 0.15) is 11.1 Å². The van der Waals surface area contributed by atoms with Gasteiger partial charge in [-0.2, -0.15) is 9.36 Å². The van der Waals surface area contributed by atoms with Crippen molar-refractivity contribution >= 4 is 16.5 Å². The van der Waals surface area contributed by atoms with Crippen LogP contribution in [0.4, 0.5) is 5.00 Å². The van der Waals surface area contributed by atoms with Crippen LogP contribution in [0.5, 0.6) is 0 Å². The molecule has 0 amide bonds. The average molecular weight is 268 g/mol. The standard InChI is InChI=1S/C11H16N4O2S/c1-4-7(16-5-2)10-13-11(17-14-10)8-6(3)15-18-9(8)12/h7H,4-5,12H2,1-3H3. The third kappa shape index (κ3) is 2.37. The van der Waals surface area contributed by atoms with Crippen LogP contribution >= 0.6 is 11.5 Å². The van der Waals surface area contributed by atoms with Crippen LogP contribution in [0.3, 0.4) is 0 Å². The Labute approximate surface area is 109 Å². The smallest absolute Gasteiger partial charge is 0.262 e. The fourth-order valence-corrected chi connectivity index (χ4v) is 2.34. The minimum absolute atomic E-state index is 0.138. The first kappa shape index (κ1) is 13.0. The van der Waals surface area contributed by atoms with Crippen molar-refractivity contribution in [3.63, 3.8) is 0 Å². The molecule has 0 fully saturated rings. The monoisotopic (exact) mass is 268 g/mol. The molecule has 6 nitrogen and oxygen atoms in total. The Bertz CT molecular complexity index is 503. The molecule has 2 aromatic heterocycles. The van der Waals surface area contributed by atoms with Gasteiger partial charge in [-0.25, -0.2) is 0 Å². The Morgan fingerprint density at radius 1 is 1.44 bits per heavy atom. The summed E-state index contributed by atoms with van der Waals surface area (Å²) >= 11 is 1.23. The number of hydrogen-bond donors (Lipinski definition) is 1. The molecule has 2 aromatic rings. The average Bonchev–Trinajstić information content (AvgIpc) is 2.94. The predicted octanol–water partition coefficient (Wildman–Crippen LogP) is 2.57. The molecular formula is C11H16N4O2S. The first-order valence-electron chi connectivity index (χ1n) is 5.84. The molecule has 98 valence electrons. The number of aromatic nitrogens is 3. The van der Waals surface area contributed by atoms with Crippen LogP contribution in [-0.2, 0) is 4.74 Å². The summed E-state index contributed by atoms with van der Waals surface area (Å²) in [6, 6.07) is 0. The van der Waals surface area contributed by atoms with Crippen molar-refractivity contribution in [3.8, 4) is 11.5 Å². The van der Waals surface area contributed by atoms with Crippen molar-refractivity contribution < 1.29 is 9.26 Å². The van der Waals surface area contributed by atoms with Crippen LogP contribution in [0.1, 0.15) is 37.9 Å². The van der Waals surface area contributed by atoms with Gasteiger partial charge in [-0.05, 0) is 31.8 Å². The minimum Gasteiger partial charge on any atom is -0.389 e. The van der Waals surface area contributed by atoms with Gasteiger partial charge in [0.05, 0.1) is 11.3 Å². The molecule has 0 saturated heterocycles. The Morgan fingerprint density at radius 2 is 2.22 bits per heavy atom. The number of aryl methyl sites for hydroxylation is 1. The SMILES string of the molecule is CCOC(CC)c1noc(-c2c(C)nsc2N)n1. The van der Waals surface area contributed by atoms with Crippen molar-refractivity contribution in [1.82, 2.24) is 14.5 Å². The lowest BCUT2D eigenvalue weighted by atomic mass is 10.2. The highest BCUT2D eigenvalue weighted by molar-refractivity contribution is 7.10. The number of hydrogen-bond acceptors (Lipinski definition) is 7. The van der Waals surface area contributed by atoms with Gasteiger partial charge in [-0.15, -0.1) is 0 Å². The van der Waals surface area contributed by atoms with Gasteiger partial charge < -0.3 is 15.0 Å². The molecule has 2 rings (SSSR count). The van der Waals surface area contributed by atoms with Crippen molar-refractivity contribution in [2.45, 2.75) is 33.3 Å². The van der Waals surface area contributed by atoms with Crippen LogP contribution in [0.25, 0.3) is 11.5 Å². The highest BCUT2D eigenvalue weighted by Gasteiger charge is 2.21. The maximum atomic E-state index is 5.85. The first-order chi connectivity index (χ1) is 8.67. The molecule has 0 aliphatic carbocycles. The van der Waals surface area contributed by atoms with E-state index in [1.54, 1.807) is 0 Å². The molecule has 1 atom stereocenters. The van der Waals surface area contributed by atoms with E-state index in [0.717, 1.165) is 17.7 Å². The summed E-state index contributed by atoms with van der Waals surface area (Å²) in [7, 11) is 0. The molecule has 2 N–H and O–H groups in total. The van der Waals surface area contributed by atoms with E-state index in [-0.39, 0.29) is 6.10 Å². The molecule has 7 heteroatoms. The maximum absolute atomic E-state index is 5.85. The molecule has 0 aliphatic rings. The minimum atomic E-state index is -0.138. The van der Waals surface area contributed by atoms with Crippen LogP contribution < -0.4 is 5.73 Å². The molecule has 0 saturated carbocycles. The van der Waals surface area contributed by atoms with Crippen molar-refractivity contribution in [2.75, 3.05) is 12.3 Å². The number of nitrogens with zero attached hydrogens (tertiary/aromatic N) is 3. The molecule has 1 unspecified atom stereocenters. The molecule has 0 aliphatic heterocycles. The zero-order chi connectivity index (χ0) is 13.1. The number of nitrogen functional groups attached to an aromatic ring is 1.